The number of nitrogens with zero attached hydrogens (tertiary/aromatic N) is 3. The zero-order valence-electron chi connectivity index (χ0n) is 17.0. The smallest absolute Gasteiger partial charge is 0.278 e. The number of aryl methyl sites for hydroxylation is 2. The van der Waals surface area contributed by atoms with Gasteiger partial charge in [0, 0.05) is 24.7 Å². The first kappa shape index (κ1) is 20.8. The van der Waals surface area contributed by atoms with Crippen molar-refractivity contribution in [1.82, 2.24) is 9.78 Å². The molecule has 0 saturated heterocycles. The lowest BCUT2D eigenvalue weighted by molar-refractivity contribution is -0.116. The van der Waals surface area contributed by atoms with Crippen LogP contribution in [0.25, 0.3) is 0 Å². The molecule has 2 aromatic carbocycles. The number of anilines is 2. The van der Waals surface area contributed by atoms with Crippen LogP contribution in [0.4, 0.5) is 11.4 Å². The number of carbonyl (C=O) groups is 2. The van der Waals surface area contributed by atoms with Crippen molar-refractivity contribution in [2.45, 2.75) is 26.3 Å². The van der Waals surface area contributed by atoms with Crippen LogP contribution >= 0.6 is 11.6 Å². The summed E-state index contributed by atoms with van der Waals surface area (Å²) in [5.41, 5.74) is 3.25. The highest BCUT2D eigenvalue weighted by molar-refractivity contribution is 6.33. The predicted octanol–water partition coefficient (Wildman–Crippen LogP) is 3.44. The molecular weight excluding hydrogens is 416 g/mol. The quantitative estimate of drug-likeness (QED) is 0.664. The molecule has 0 spiro atoms. The number of carbonyl (C=O) groups excluding carboxylic acids is 2. The molecule has 3 aromatic rings. The molecule has 0 saturated carbocycles. The summed E-state index contributed by atoms with van der Waals surface area (Å²) in [5.74, 6) is -0.570. The van der Waals surface area contributed by atoms with Crippen LogP contribution < -0.4 is 15.8 Å². The summed E-state index contributed by atoms with van der Waals surface area (Å²) in [4.78, 5) is 39.1. The Hall–Kier alpha value is -3.45. The SMILES string of the molecule is Cc1ccc(NC(=O)CCn2nc(C(=O)N3CCc4ccccc43)ccc2=O)c(Cl)c1. The molecule has 1 aliphatic heterocycles. The normalized spacial score (nSPS) is 12.5. The molecule has 0 fully saturated rings. The standard InChI is InChI=1S/C23H21ClN4O3/c1-15-6-7-18(17(24)14-15)25-21(29)11-13-28-22(30)9-8-19(26-28)23(31)27-12-10-16-4-2-3-5-20(16)27/h2-9,14H,10-13H2,1H3,(H,25,29). The van der Waals surface area contributed by atoms with E-state index in [1.807, 2.05) is 37.3 Å². The average molecular weight is 437 g/mol. The third kappa shape index (κ3) is 4.51. The minimum atomic E-state index is -0.375. The van der Waals surface area contributed by atoms with E-state index in [0.717, 1.165) is 27.9 Å². The Bertz CT molecular complexity index is 1220. The Morgan fingerprint density at radius 3 is 2.74 bits per heavy atom. The lowest BCUT2D eigenvalue weighted by atomic mass is 10.2. The Morgan fingerprint density at radius 1 is 1.13 bits per heavy atom. The van der Waals surface area contributed by atoms with Gasteiger partial charge < -0.3 is 10.2 Å². The molecule has 2 amide bonds. The number of fused-ring (bicyclic) bond motifs is 1. The topological polar surface area (TPSA) is 84.3 Å². The third-order valence-electron chi connectivity index (χ3n) is 5.17. The predicted molar refractivity (Wildman–Crippen MR) is 120 cm³/mol. The Balaban J connectivity index is 1.45. The summed E-state index contributed by atoms with van der Waals surface area (Å²) < 4.78 is 1.14. The number of amides is 2. The number of rotatable bonds is 5. The molecule has 1 N–H and O–H groups in total. The van der Waals surface area contributed by atoms with Gasteiger partial charge in [-0.3, -0.25) is 14.4 Å². The Labute approximate surface area is 184 Å². The van der Waals surface area contributed by atoms with E-state index >= 15 is 0 Å². The van der Waals surface area contributed by atoms with Gasteiger partial charge in [0.1, 0.15) is 5.69 Å². The summed E-state index contributed by atoms with van der Waals surface area (Å²) >= 11 is 6.15. The molecule has 4 rings (SSSR count). The molecule has 1 aromatic heterocycles. The summed E-state index contributed by atoms with van der Waals surface area (Å²) in [6, 6.07) is 15.8. The van der Waals surface area contributed by atoms with Gasteiger partial charge in [0.25, 0.3) is 11.5 Å². The molecule has 31 heavy (non-hydrogen) atoms. The largest absolute Gasteiger partial charge is 0.325 e. The molecule has 7 nitrogen and oxygen atoms in total. The first-order valence-corrected chi connectivity index (χ1v) is 10.3. The minimum absolute atomic E-state index is 0.0152. The first-order valence-electron chi connectivity index (χ1n) is 9.96. The zero-order chi connectivity index (χ0) is 22.0. The van der Waals surface area contributed by atoms with E-state index in [2.05, 4.69) is 10.4 Å². The van der Waals surface area contributed by atoms with Crippen molar-refractivity contribution in [1.29, 1.82) is 0 Å². The fraction of sp³-hybridized carbons (Fsp3) is 0.217. The second kappa shape index (κ2) is 8.73. The van der Waals surface area contributed by atoms with Crippen LogP contribution in [0.2, 0.25) is 5.02 Å². The van der Waals surface area contributed by atoms with Crippen LogP contribution in [0.5, 0.6) is 0 Å². The van der Waals surface area contributed by atoms with Crippen LogP contribution in [0.3, 0.4) is 0 Å². The number of halogens is 1. The highest BCUT2D eigenvalue weighted by Gasteiger charge is 2.26. The van der Waals surface area contributed by atoms with Crippen LogP contribution in [0, 0.1) is 6.92 Å². The maximum absolute atomic E-state index is 13.0. The highest BCUT2D eigenvalue weighted by Crippen LogP contribution is 2.28. The second-order valence-corrected chi connectivity index (χ2v) is 7.80. The van der Waals surface area contributed by atoms with Gasteiger partial charge in [-0.1, -0.05) is 35.9 Å². The summed E-state index contributed by atoms with van der Waals surface area (Å²) in [6.07, 6.45) is 0.796. The third-order valence-corrected chi connectivity index (χ3v) is 5.48. The fourth-order valence-electron chi connectivity index (χ4n) is 3.55. The molecular formula is C23H21ClN4O3. The van der Waals surface area contributed by atoms with E-state index in [-0.39, 0.29) is 36.0 Å². The molecule has 0 unspecified atom stereocenters. The number of nitrogens with one attached hydrogen (secondary N) is 1. The summed E-state index contributed by atoms with van der Waals surface area (Å²) in [6.45, 7) is 2.52. The number of para-hydroxylation sites is 1. The van der Waals surface area contributed by atoms with Crippen molar-refractivity contribution in [3.8, 4) is 0 Å². The van der Waals surface area contributed by atoms with Crippen LogP contribution in [-0.2, 0) is 17.8 Å². The van der Waals surface area contributed by atoms with Gasteiger partial charge in [-0.2, -0.15) is 5.10 Å². The average Bonchev–Trinajstić information content (AvgIpc) is 3.19. The van der Waals surface area contributed by atoms with Crippen molar-refractivity contribution < 1.29 is 9.59 Å². The van der Waals surface area contributed by atoms with Gasteiger partial charge in [0.05, 0.1) is 17.3 Å². The van der Waals surface area contributed by atoms with Gasteiger partial charge in [-0.15, -0.1) is 0 Å². The molecule has 2 heterocycles. The lowest BCUT2D eigenvalue weighted by Crippen LogP contribution is -2.33. The van der Waals surface area contributed by atoms with Gasteiger partial charge in [-0.05, 0) is 48.7 Å². The monoisotopic (exact) mass is 436 g/mol. The molecule has 0 radical (unpaired) electrons. The molecule has 158 valence electrons. The van der Waals surface area contributed by atoms with E-state index in [0.29, 0.717) is 17.3 Å². The van der Waals surface area contributed by atoms with Crippen molar-refractivity contribution in [2.24, 2.45) is 0 Å². The molecule has 1 aliphatic rings. The lowest BCUT2D eigenvalue weighted by Gasteiger charge is -2.17. The van der Waals surface area contributed by atoms with E-state index in [4.69, 9.17) is 11.6 Å². The van der Waals surface area contributed by atoms with Crippen LogP contribution in [-0.4, -0.2) is 28.1 Å². The maximum atomic E-state index is 13.0. The van der Waals surface area contributed by atoms with Crippen molar-refractivity contribution in [3.05, 3.63) is 86.8 Å². The molecule has 8 heteroatoms. The van der Waals surface area contributed by atoms with Gasteiger partial charge in [0.15, 0.2) is 0 Å². The molecule has 0 atom stereocenters. The summed E-state index contributed by atoms with van der Waals surface area (Å²) in [7, 11) is 0. The number of hydrogen-bond acceptors (Lipinski definition) is 4. The van der Waals surface area contributed by atoms with Gasteiger partial charge >= 0.3 is 0 Å². The van der Waals surface area contributed by atoms with E-state index < -0.39 is 0 Å². The van der Waals surface area contributed by atoms with Crippen molar-refractivity contribution in [2.75, 3.05) is 16.8 Å². The first-order chi connectivity index (χ1) is 14.9. The van der Waals surface area contributed by atoms with Crippen molar-refractivity contribution in [3.63, 3.8) is 0 Å². The summed E-state index contributed by atoms with van der Waals surface area (Å²) in [5, 5.41) is 7.38. The van der Waals surface area contributed by atoms with Crippen LogP contribution in [0.1, 0.15) is 28.0 Å². The van der Waals surface area contributed by atoms with Crippen molar-refractivity contribution >= 4 is 34.8 Å². The fourth-order valence-corrected chi connectivity index (χ4v) is 3.83. The highest BCUT2D eigenvalue weighted by atomic mass is 35.5. The zero-order valence-corrected chi connectivity index (χ0v) is 17.7. The number of benzene rings is 2. The molecule has 0 aliphatic carbocycles. The number of aromatic nitrogens is 2. The maximum Gasteiger partial charge on any atom is 0.278 e. The van der Waals surface area contributed by atoms with Gasteiger partial charge in [0.2, 0.25) is 5.91 Å². The Kier molecular flexibility index (Phi) is 5.86. The number of hydrogen-bond donors (Lipinski definition) is 1. The van der Waals surface area contributed by atoms with E-state index in [9.17, 15) is 14.4 Å². The molecule has 0 bridgehead atoms. The minimum Gasteiger partial charge on any atom is -0.325 e. The van der Waals surface area contributed by atoms with Gasteiger partial charge in [-0.25, -0.2) is 4.68 Å². The van der Waals surface area contributed by atoms with E-state index in [1.54, 1.807) is 17.0 Å². The second-order valence-electron chi connectivity index (χ2n) is 7.40. The van der Waals surface area contributed by atoms with E-state index in [1.165, 1.54) is 12.1 Å². The van der Waals surface area contributed by atoms with Crippen LogP contribution in [0.15, 0.2) is 59.4 Å². The Morgan fingerprint density at radius 2 is 1.94 bits per heavy atom.